The predicted octanol–water partition coefficient (Wildman–Crippen LogP) is 0.521. The van der Waals surface area contributed by atoms with Crippen molar-refractivity contribution in [2.75, 3.05) is 43.5 Å². The Balaban J connectivity index is 2.04. The van der Waals surface area contributed by atoms with Crippen molar-refractivity contribution in [3.8, 4) is 0 Å². The Bertz CT molecular complexity index is 408. The first-order valence-electron chi connectivity index (χ1n) is 5.88. The first-order chi connectivity index (χ1) is 8.31. The lowest BCUT2D eigenvalue weighted by molar-refractivity contribution is 0.311. The van der Waals surface area contributed by atoms with Crippen LogP contribution in [0.5, 0.6) is 0 Å². The van der Waals surface area contributed by atoms with E-state index in [2.05, 4.69) is 14.9 Å². The van der Waals surface area contributed by atoms with Crippen LogP contribution in [0.4, 0.5) is 5.82 Å². The monoisotopic (exact) mass is 256 g/mol. The van der Waals surface area contributed by atoms with Gasteiger partial charge in [-0.2, -0.15) is 0 Å². The molecule has 2 rings (SSSR count). The predicted molar refractivity (Wildman–Crippen MR) is 68.8 cm³/mol. The highest BCUT2D eigenvalue weighted by atomic mass is 35.5. The number of rotatable bonds is 3. The minimum atomic E-state index is -0.113. The number of alkyl halides is 1. The van der Waals surface area contributed by atoms with E-state index in [9.17, 15) is 4.79 Å². The summed E-state index contributed by atoms with van der Waals surface area (Å²) in [6.07, 6.45) is 4.22. The van der Waals surface area contributed by atoms with E-state index in [0.29, 0.717) is 11.7 Å². The molecule has 1 aromatic rings. The molecule has 1 aliphatic heterocycles. The summed E-state index contributed by atoms with van der Waals surface area (Å²) in [4.78, 5) is 22.8. The maximum Gasteiger partial charge on any atom is 0.290 e. The number of aromatic nitrogens is 2. The van der Waals surface area contributed by atoms with Crippen LogP contribution in [-0.4, -0.2) is 53.5 Å². The maximum absolute atomic E-state index is 11.6. The first kappa shape index (κ1) is 12.4. The molecule has 1 N–H and O–H groups in total. The van der Waals surface area contributed by atoms with Gasteiger partial charge in [-0.25, -0.2) is 4.98 Å². The van der Waals surface area contributed by atoms with Crippen molar-refractivity contribution in [3.63, 3.8) is 0 Å². The summed E-state index contributed by atoms with van der Waals surface area (Å²) in [5.74, 6) is 1.18. The van der Waals surface area contributed by atoms with Crippen LogP contribution in [-0.2, 0) is 0 Å². The van der Waals surface area contributed by atoms with Gasteiger partial charge < -0.3 is 14.8 Å². The van der Waals surface area contributed by atoms with Gasteiger partial charge in [-0.3, -0.25) is 4.79 Å². The topological polar surface area (TPSA) is 52.2 Å². The summed E-state index contributed by atoms with van der Waals surface area (Å²) < 4.78 is 0. The molecule has 0 atom stereocenters. The summed E-state index contributed by atoms with van der Waals surface area (Å²) in [5, 5.41) is 0. The lowest BCUT2D eigenvalue weighted by Crippen LogP contribution is -2.34. The molecule has 0 bridgehead atoms. The SMILES string of the molecule is O=c1[nH]ccnc1N1CCCN(CCCl)CC1. The highest BCUT2D eigenvalue weighted by Crippen LogP contribution is 2.08. The van der Waals surface area contributed by atoms with Gasteiger partial charge in [0.15, 0.2) is 5.82 Å². The van der Waals surface area contributed by atoms with Gasteiger partial charge in [0.1, 0.15) is 0 Å². The van der Waals surface area contributed by atoms with E-state index in [1.807, 2.05) is 4.90 Å². The van der Waals surface area contributed by atoms with E-state index in [0.717, 1.165) is 39.1 Å². The molecule has 1 fully saturated rings. The summed E-state index contributed by atoms with van der Waals surface area (Å²) in [7, 11) is 0. The van der Waals surface area contributed by atoms with Crippen LogP contribution in [0.2, 0.25) is 0 Å². The quantitative estimate of drug-likeness (QED) is 0.802. The second-order valence-electron chi connectivity index (χ2n) is 4.11. The third-order valence-corrected chi connectivity index (χ3v) is 3.15. The average molecular weight is 257 g/mol. The zero-order valence-electron chi connectivity index (χ0n) is 9.73. The number of anilines is 1. The lowest BCUT2D eigenvalue weighted by atomic mass is 10.4. The molecule has 1 aromatic heterocycles. The zero-order valence-corrected chi connectivity index (χ0v) is 10.5. The van der Waals surface area contributed by atoms with E-state index in [-0.39, 0.29) is 5.56 Å². The minimum absolute atomic E-state index is 0.113. The Morgan fingerprint density at radius 3 is 3.00 bits per heavy atom. The second-order valence-corrected chi connectivity index (χ2v) is 4.49. The van der Waals surface area contributed by atoms with Gasteiger partial charge in [0.05, 0.1) is 0 Å². The van der Waals surface area contributed by atoms with E-state index in [1.54, 1.807) is 12.4 Å². The van der Waals surface area contributed by atoms with Crippen molar-refractivity contribution in [1.82, 2.24) is 14.9 Å². The van der Waals surface area contributed by atoms with Gasteiger partial charge >= 0.3 is 0 Å². The zero-order chi connectivity index (χ0) is 12.1. The molecule has 0 aliphatic carbocycles. The number of halogens is 1. The van der Waals surface area contributed by atoms with E-state index >= 15 is 0 Å². The molecule has 94 valence electrons. The highest BCUT2D eigenvalue weighted by molar-refractivity contribution is 6.18. The fraction of sp³-hybridized carbons (Fsp3) is 0.636. The number of nitrogens with one attached hydrogen (secondary N) is 1. The third kappa shape index (κ3) is 3.20. The Kier molecular flexibility index (Phi) is 4.39. The molecule has 0 spiro atoms. The molecular weight excluding hydrogens is 240 g/mol. The fourth-order valence-electron chi connectivity index (χ4n) is 2.10. The third-order valence-electron chi connectivity index (χ3n) is 2.98. The molecule has 17 heavy (non-hydrogen) atoms. The van der Waals surface area contributed by atoms with Crippen molar-refractivity contribution in [3.05, 3.63) is 22.7 Å². The van der Waals surface area contributed by atoms with Crippen molar-refractivity contribution in [1.29, 1.82) is 0 Å². The van der Waals surface area contributed by atoms with Crippen LogP contribution in [0.15, 0.2) is 17.2 Å². The van der Waals surface area contributed by atoms with Gasteiger partial charge in [0.2, 0.25) is 0 Å². The average Bonchev–Trinajstić information content (AvgIpc) is 2.56. The number of hydrogen-bond acceptors (Lipinski definition) is 4. The summed E-state index contributed by atoms with van der Waals surface area (Å²) >= 11 is 5.74. The normalized spacial score (nSPS) is 18.1. The van der Waals surface area contributed by atoms with Crippen LogP contribution in [0.1, 0.15) is 6.42 Å². The number of H-pyrrole nitrogens is 1. The Morgan fingerprint density at radius 2 is 2.24 bits per heavy atom. The van der Waals surface area contributed by atoms with Crippen molar-refractivity contribution >= 4 is 17.4 Å². The molecule has 0 aromatic carbocycles. The first-order valence-corrected chi connectivity index (χ1v) is 6.41. The van der Waals surface area contributed by atoms with Crippen molar-refractivity contribution < 1.29 is 0 Å². The van der Waals surface area contributed by atoms with Gasteiger partial charge in [0, 0.05) is 44.5 Å². The van der Waals surface area contributed by atoms with Gasteiger partial charge in [-0.05, 0) is 13.0 Å². The molecule has 0 unspecified atom stereocenters. The Labute approximate surface area is 105 Å². The van der Waals surface area contributed by atoms with Crippen LogP contribution in [0, 0.1) is 0 Å². The molecule has 0 radical (unpaired) electrons. The molecule has 5 nitrogen and oxygen atoms in total. The molecule has 1 aliphatic rings. The molecule has 2 heterocycles. The lowest BCUT2D eigenvalue weighted by Gasteiger charge is -2.21. The Hall–Kier alpha value is -1.07. The standard InChI is InChI=1S/C11H17ClN4O/c12-2-7-15-5-1-6-16(9-8-15)10-11(17)14-4-3-13-10/h3-4H,1-2,5-9H2,(H,14,17). The van der Waals surface area contributed by atoms with E-state index < -0.39 is 0 Å². The molecule has 0 saturated carbocycles. The Morgan fingerprint density at radius 1 is 1.35 bits per heavy atom. The van der Waals surface area contributed by atoms with Gasteiger partial charge in [0.25, 0.3) is 5.56 Å². The molecule has 6 heteroatoms. The number of nitrogens with zero attached hydrogens (tertiary/aromatic N) is 3. The fourth-order valence-corrected chi connectivity index (χ4v) is 2.33. The van der Waals surface area contributed by atoms with Crippen LogP contribution in [0.3, 0.4) is 0 Å². The van der Waals surface area contributed by atoms with E-state index in [1.165, 1.54) is 0 Å². The van der Waals surface area contributed by atoms with Gasteiger partial charge in [-0.15, -0.1) is 11.6 Å². The van der Waals surface area contributed by atoms with Gasteiger partial charge in [-0.1, -0.05) is 0 Å². The number of aromatic amines is 1. The van der Waals surface area contributed by atoms with E-state index in [4.69, 9.17) is 11.6 Å². The highest BCUT2D eigenvalue weighted by Gasteiger charge is 2.17. The minimum Gasteiger partial charge on any atom is -0.351 e. The molecule has 0 amide bonds. The smallest absolute Gasteiger partial charge is 0.290 e. The summed E-state index contributed by atoms with van der Waals surface area (Å²) in [6.45, 7) is 4.58. The summed E-state index contributed by atoms with van der Waals surface area (Å²) in [5.41, 5.74) is -0.113. The largest absolute Gasteiger partial charge is 0.351 e. The van der Waals surface area contributed by atoms with Crippen LogP contribution in [0.25, 0.3) is 0 Å². The summed E-state index contributed by atoms with van der Waals surface area (Å²) in [6, 6.07) is 0. The van der Waals surface area contributed by atoms with Crippen LogP contribution < -0.4 is 10.5 Å². The van der Waals surface area contributed by atoms with Crippen molar-refractivity contribution in [2.45, 2.75) is 6.42 Å². The number of hydrogen-bond donors (Lipinski definition) is 1. The molecule has 1 saturated heterocycles. The van der Waals surface area contributed by atoms with Crippen LogP contribution >= 0.6 is 11.6 Å². The second kappa shape index (κ2) is 6.02. The maximum atomic E-state index is 11.6. The van der Waals surface area contributed by atoms with Crippen molar-refractivity contribution in [2.24, 2.45) is 0 Å². The molecular formula is C11H17ClN4O.